The Hall–Kier alpha value is -1.06. The molecule has 0 spiro atoms. The number of Topliss-reactive ketones (excluding diaryl/α,β-unsaturated/α-hetero) is 1. The van der Waals surface area contributed by atoms with Gasteiger partial charge in [0.1, 0.15) is 5.78 Å². The van der Waals surface area contributed by atoms with Gasteiger partial charge in [-0.3, -0.25) is 9.59 Å². The van der Waals surface area contributed by atoms with Gasteiger partial charge in [0.25, 0.3) is 5.91 Å². The van der Waals surface area contributed by atoms with E-state index in [1.807, 2.05) is 0 Å². The van der Waals surface area contributed by atoms with Gasteiger partial charge in [-0.15, -0.1) is 0 Å². The van der Waals surface area contributed by atoms with Crippen LogP contribution < -0.4 is 5.32 Å². The Morgan fingerprint density at radius 2 is 1.93 bits per heavy atom. The predicted octanol–water partition coefficient (Wildman–Crippen LogP) is 2.31. The van der Waals surface area contributed by atoms with E-state index in [0.717, 1.165) is 0 Å². The smallest absolute Gasteiger partial charge is 0.251 e. The standard InChI is InChI=1S/C10H9Cl2NO2/c1-6(14)5-13-10(15)7-2-3-8(11)9(12)4-7/h2-4H,5H2,1H3,(H,13,15). The average molecular weight is 246 g/mol. The summed E-state index contributed by atoms with van der Waals surface area (Å²) in [6.45, 7) is 1.41. The van der Waals surface area contributed by atoms with Gasteiger partial charge in [-0.1, -0.05) is 23.2 Å². The number of amides is 1. The summed E-state index contributed by atoms with van der Waals surface area (Å²) in [5.41, 5.74) is 0.380. The number of carbonyl (C=O) groups excluding carboxylic acids is 2. The fourth-order valence-corrected chi connectivity index (χ4v) is 1.24. The van der Waals surface area contributed by atoms with Crippen LogP contribution in [0.15, 0.2) is 18.2 Å². The summed E-state index contributed by atoms with van der Waals surface area (Å²) in [4.78, 5) is 22.1. The maximum atomic E-state index is 11.4. The molecule has 0 fully saturated rings. The van der Waals surface area contributed by atoms with Crippen molar-refractivity contribution in [2.24, 2.45) is 0 Å². The molecule has 0 aliphatic carbocycles. The third-order valence-corrected chi connectivity index (χ3v) is 2.42. The molecule has 0 saturated carbocycles. The van der Waals surface area contributed by atoms with Crippen LogP contribution in [0.5, 0.6) is 0 Å². The van der Waals surface area contributed by atoms with Crippen LogP contribution >= 0.6 is 23.2 Å². The molecule has 1 rings (SSSR count). The molecule has 1 aromatic carbocycles. The molecule has 5 heteroatoms. The van der Waals surface area contributed by atoms with Crippen LogP contribution in [0.3, 0.4) is 0 Å². The highest BCUT2D eigenvalue weighted by molar-refractivity contribution is 6.42. The van der Waals surface area contributed by atoms with Gasteiger partial charge in [-0.25, -0.2) is 0 Å². The van der Waals surface area contributed by atoms with Crippen molar-refractivity contribution in [2.45, 2.75) is 6.92 Å². The molecule has 0 radical (unpaired) electrons. The highest BCUT2D eigenvalue weighted by Crippen LogP contribution is 2.22. The Balaban J connectivity index is 2.74. The van der Waals surface area contributed by atoms with Crippen molar-refractivity contribution >= 4 is 34.9 Å². The lowest BCUT2D eigenvalue weighted by molar-refractivity contribution is -0.116. The summed E-state index contributed by atoms with van der Waals surface area (Å²) in [6.07, 6.45) is 0. The summed E-state index contributed by atoms with van der Waals surface area (Å²) in [7, 11) is 0. The molecule has 0 unspecified atom stereocenters. The number of benzene rings is 1. The van der Waals surface area contributed by atoms with Crippen molar-refractivity contribution in [3.05, 3.63) is 33.8 Å². The number of halogens is 2. The summed E-state index contributed by atoms with van der Waals surface area (Å²) < 4.78 is 0. The van der Waals surface area contributed by atoms with E-state index in [1.165, 1.54) is 19.1 Å². The maximum absolute atomic E-state index is 11.4. The molecule has 0 aliphatic rings. The van der Waals surface area contributed by atoms with E-state index >= 15 is 0 Å². The molecule has 80 valence electrons. The van der Waals surface area contributed by atoms with E-state index in [9.17, 15) is 9.59 Å². The van der Waals surface area contributed by atoms with Crippen molar-refractivity contribution in [3.8, 4) is 0 Å². The lowest BCUT2D eigenvalue weighted by atomic mass is 10.2. The molecule has 0 heterocycles. The first-order valence-electron chi connectivity index (χ1n) is 4.23. The fourth-order valence-electron chi connectivity index (χ4n) is 0.944. The number of rotatable bonds is 3. The van der Waals surface area contributed by atoms with Crippen molar-refractivity contribution in [1.29, 1.82) is 0 Å². The summed E-state index contributed by atoms with van der Waals surface area (Å²) in [5, 5.41) is 3.16. The van der Waals surface area contributed by atoms with Gasteiger partial charge >= 0.3 is 0 Å². The number of carbonyl (C=O) groups is 2. The largest absolute Gasteiger partial charge is 0.345 e. The minimum Gasteiger partial charge on any atom is -0.345 e. The first-order valence-corrected chi connectivity index (χ1v) is 4.99. The minimum atomic E-state index is -0.344. The Labute approximate surface area is 97.4 Å². The fraction of sp³-hybridized carbons (Fsp3) is 0.200. The third-order valence-electron chi connectivity index (χ3n) is 1.68. The summed E-state index contributed by atoms with van der Waals surface area (Å²) in [5.74, 6) is -0.452. The monoisotopic (exact) mass is 245 g/mol. The molecule has 0 aliphatic heterocycles. The number of nitrogens with one attached hydrogen (secondary N) is 1. The van der Waals surface area contributed by atoms with Crippen LogP contribution in [0.4, 0.5) is 0 Å². The number of hydrogen-bond acceptors (Lipinski definition) is 2. The molecule has 3 nitrogen and oxygen atoms in total. The summed E-state index contributed by atoms with van der Waals surface area (Å²) >= 11 is 11.4. The van der Waals surface area contributed by atoms with Crippen LogP contribution in [-0.2, 0) is 4.79 Å². The highest BCUT2D eigenvalue weighted by atomic mass is 35.5. The van der Waals surface area contributed by atoms with Gasteiger partial charge in [0.05, 0.1) is 16.6 Å². The van der Waals surface area contributed by atoms with Crippen molar-refractivity contribution < 1.29 is 9.59 Å². The molecule has 0 bridgehead atoms. The predicted molar refractivity (Wildman–Crippen MR) is 59.5 cm³/mol. The Morgan fingerprint density at radius 1 is 1.27 bits per heavy atom. The van der Waals surface area contributed by atoms with Crippen LogP contribution in [0.25, 0.3) is 0 Å². The second-order valence-electron chi connectivity index (χ2n) is 3.01. The zero-order valence-corrected chi connectivity index (χ0v) is 9.52. The highest BCUT2D eigenvalue weighted by Gasteiger charge is 2.07. The lowest BCUT2D eigenvalue weighted by Gasteiger charge is -2.03. The van der Waals surface area contributed by atoms with E-state index in [1.54, 1.807) is 6.07 Å². The van der Waals surface area contributed by atoms with E-state index in [0.29, 0.717) is 15.6 Å². The van der Waals surface area contributed by atoms with E-state index in [-0.39, 0.29) is 18.2 Å². The molecular formula is C10H9Cl2NO2. The lowest BCUT2D eigenvalue weighted by Crippen LogP contribution is -2.28. The second kappa shape index (κ2) is 5.14. The molecule has 1 N–H and O–H groups in total. The molecular weight excluding hydrogens is 237 g/mol. The molecule has 0 aromatic heterocycles. The maximum Gasteiger partial charge on any atom is 0.251 e. The van der Waals surface area contributed by atoms with E-state index in [4.69, 9.17) is 23.2 Å². The molecule has 1 aromatic rings. The molecule has 0 saturated heterocycles. The topological polar surface area (TPSA) is 46.2 Å². The number of hydrogen-bond donors (Lipinski definition) is 1. The Bertz CT molecular complexity index is 404. The second-order valence-corrected chi connectivity index (χ2v) is 3.83. The first kappa shape index (κ1) is 12.0. The van der Waals surface area contributed by atoms with Gasteiger partial charge in [0.2, 0.25) is 0 Å². The Morgan fingerprint density at radius 3 is 2.47 bits per heavy atom. The molecule has 1 amide bonds. The quantitative estimate of drug-likeness (QED) is 0.889. The zero-order valence-electron chi connectivity index (χ0n) is 8.01. The summed E-state index contributed by atoms with van der Waals surface area (Å²) in [6, 6.07) is 4.54. The van der Waals surface area contributed by atoms with Crippen LogP contribution in [0, 0.1) is 0 Å². The van der Waals surface area contributed by atoms with Gasteiger partial charge in [-0.05, 0) is 25.1 Å². The Kier molecular flexibility index (Phi) is 4.12. The molecule has 15 heavy (non-hydrogen) atoms. The van der Waals surface area contributed by atoms with Crippen LogP contribution in [0.1, 0.15) is 17.3 Å². The van der Waals surface area contributed by atoms with Crippen molar-refractivity contribution in [1.82, 2.24) is 5.32 Å². The third kappa shape index (κ3) is 3.53. The van der Waals surface area contributed by atoms with Gasteiger partial charge in [0.15, 0.2) is 0 Å². The van der Waals surface area contributed by atoms with E-state index in [2.05, 4.69) is 5.32 Å². The SMILES string of the molecule is CC(=O)CNC(=O)c1ccc(Cl)c(Cl)c1. The van der Waals surface area contributed by atoms with Crippen LogP contribution in [0.2, 0.25) is 10.0 Å². The number of ketones is 1. The average Bonchev–Trinajstić information content (AvgIpc) is 2.18. The van der Waals surface area contributed by atoms with Gasteiger partial charge < -0.3 is 5.32 Å². The van der Waals surface area contributed by atoms with E-state index < -0.39 is 0 Å². The van der Waals surface area contributed by atoms with Gasteiger partial charge in [0, 0.05) is 5.56 Å². The minimum absolute atomic E-state index is 0.0130. The normalized spacial score (nSPS) is 9.80. The van der Waals surface area contributed by atoms with Crippen LogP contribution in [-0.4, -0.2) is 18.2 Å². The van der Waals surface area contributed by atoms with Gasteiger partial charge in [-0.2, -0.15) is 0 Å². The molecule has 0 atom stereocenters. The zero-order chi connectivity index (χ0) is 11.4. The first-order chi connectivity index (χ1) is 7.00. The van der Waals surface area contributed by atoms with Crippen molar-refractivity contribution in [2.75, 3.05) is 6.54 Å². The van der Waals surface area contributed by atoms with Crippen molar-refractivity contribution in [3.63, 3.8) is 0 Å².